The normalized spacial score (nSPS) is 15.2. The number of aromatic hydroxyl groups is 1. The van der Waals surface area contributed by atoms with Gasteiger partial charge in [0.05, 0.1) is 12.1 Å². The molecule has 0 amide bonds. The molecule has 4 heteroatoms. The van der Waals surface area contributed by atoms with Crippen LogP contribution in [0.3, 0.4) is 0 Å². The van der Waals surface area contributed by atoms with Crippen molar-refractivity contribution < 1.29 is 10.2 Å². The highest BCUT2D eigenvalue weighted by Crippen LogP contribution is 2.31. The van der Waals surface area contributed by atoms with Gasteiger partial charge in [-0.3, -0.25) is 0 Å². The van der Waals surface area contributed by atoms with E-state index in [4.69, 9.17) is 17.3 Å². The summed E-state index contributed by atoms with van der Waals surface area (Å²) in [5.41, 5.74) is 6.84. The third-order valence-electron chi connectivity index (χ3n) is 2.17. The van der Waals surface area contributed by atoms with E-state index in [1.165, 1.54) is 0 Å². The topological polar surface area (TPSA) is 66.5 Å². The van der Waals surface area contributed by atoms with E-state index in [9.17, 15) is 10.2 Å². The third-order valence-corrected chi connectivity index (χ3v) is 2.39. The van der Waals surface area contributed by atoms with Crippen molar-refractivity contribution in [3.63, 3.8) is 0 Å². The van der Waals surface area contributed by atoms with Crippen LogP contribution < -0.4 is 5.73 Å². The van der Waals surface area contributed by atoms with E-state index in [1.54, 1.807) is 26.0 Å². The van der Waals surface area contributed by atoms with Gasteiger partial charge in [-0.2, -0.15) is 0 Å². The van der Waals surface area contributed by atoms with Crippen LogP contribution in [-0.4, -0.2) is 16.3 Å². The van der Waals surface area contributed by atoms with Gasteiger partial charge in [0.15, 0.2) is 0 Å². The van der Waals surface area contributed by atoms with Crippen molar-refractivity contribution in [2.24, 2.45) is 5.73 Å². The van der Waals surface area contributed by atoms with E-state index in [1.807, 2.05) is 0 Å². The fourth-order valence-corrected chi connectivity index (χ4v) is 1.56. The molecule has 14 heavy (non-hydrogen) atoms. The van der Waals surface area contributed by atoms with Crippen molar-refractivity contribution in [3.05, 3.63) is 28.3 Å². The minimum Gasteiger partial charge on any atom is -0.507 e. The van der Waals surface area contributed by atoms with Gasteiger partial charge in [0.1, 0.15) is 5.75 Å². The van der Waals surface area contributed by atoms with Crippen LogP contribution in [0, 0.1) is 6.92 Å². The largest absolute Gasteiger partial charge is 0.507 e. The van der Waals surface area contributed by atoms with Crippen LogP contribution in [0.25, 0.3) is 0 Å². The maximum atomic E-state index is 9.69. The smallest absolute Gasteiger partial charge is 0.123 e. The van der Waals surface area contributed by atoms with Crippen LogP contribution in [0.5, 0.6) is 5.75 Å². The highest BCUT2D eigenvalue weighted by atomic mass is 35.5. The second kappa shape index (κ2) is 4.17. The summed E-state index contributed by atoms with van der Waals surface area (Å²) in [6.45, 7) is 3.31. The van der Waals surface area contributed by atoms with Gasteiger partial charge in [-0.05, 0) is 31.5 Å². The molecule has 0 saturated carbocycles. The Hall–Kier alpha value is -0.770. The molecule has 0 aliphatic heterocycles. The summed E-state index contributed by atoms with van der Waals surface area (Å²) >= 11 is 5.82. The van der Waals surface area contributed by atoms with Crippen molar-refractivity contribution in [2.75, 3.05) is 0 Å². The van der Waals surface area contributed by atoms with Crippen LogP contribution in [0.4, 0.5) is 0 Å². The summed E-state index contributed by atoms with van der Waals surface area (Å²) < 4.78 is 0. The molecule has 1 aromatic carbocycles. The summed E-state index contributed by atoms with van der Waals surface area (Å²) in [4.78, 5) is 0. The average Bonchev–Trinajstić information content (AvgIpc) is 2.09. The molecule has 0 radical (unpaired) electrons. The molecule has 0 heterocycles. The van der Waals surface area contributed by atoms with E-state index >= 15 is 0 Å². The first kappa shape index (κ1) is 11.3. The molecule has 0 bridgehead atoms. The van der Waals surface area contributed by atoms with Crippen molar-refractivity contribution in [2.45, 2.75) is 26.0 Å². The Morgan fingerprint density at radius 3 is 2.50 bits per heavy atom. The quantitative estimate of drug-likeness (QED) is 0.704. The van der Waals surface area contributed by atoms with Gasteiger partial charge >= 0.3 is 0 Å². The zero-order valence-corrected chi connectivity index (χ0v) is 8.92. The molecule has 2 atom stereocenters. The molecule has 0 saturated heterocycles. The second-order valence-electron chi connectivity index (χ2n) is 3.43. The molecule has 1 aromatic rings. The van der Waals surface area contributed by atoms with Crippen LogP contribution in [-0.2, 0) is 0 Å². The Morgan fingerprint density at radius 2 is 2.00 bits per heavy atom. The molecule has 1 rings (SSSR count). The van der Waals surface area contributed by atoms with Gasteiger partial charge in [-0.25, -0.2) is 0 Å². The first-order valence-corrected chi connectivity index (χ1v) is 4.74. The first-order valence-electron chi connectivity index (χ1n) is 4.36. The molecular formula is C10H14ClNO2. The van der Waals surface area contributed by atoms with Crippen LogP contribution >= 0.6 is 11.6 Å². The summed E-state index contributed by atoms with van der Waals surface area (Å²) in [5.74, 6) is 0.0998. The Balaban J connectivity index is 3.20. The van der Waals surface area contributed by atoms with Crippen LogP contribution in [0.1, 0.15) is 24.1 Å². The standard InChI is InChI=1S/C10H14ClNO2/c1-5-3-7(11)4-8(10(5)14)9(12)6(2)13/h3-4,6,9,13-14H,12H2,1-2H3. The lowest BCUT2D eigenvalue weighted by atomic mass is 10.00. The van der Waals surface area contributed by atoms with Crippen LogP contribution in [0.15, 0.2) is 12.1 Å². The molecular weight excluding hydrogens is 202 g/mol. The zero-order valence-electron chi connectivity index (χ0n) is 8.16. The lowest BCUT2D eigenvalue weighted by Crippen LogP contribution is -2.23. The van der Waals surface area contributed by atoms with Crippen LogP contribution in [0.2, 0.25) is 5.02 Å². The van der Waals surface area contributed by atoms with Gasteiger partial charge in [0.25, 0.3) is 0 Å². The number of benzene rings is 1. The summed E-state index contributed by atoms with van der Waals surface area (Å²) in [6.07, 6.45) is -0.723. The fraction of sp³-hybridized carbons (Fsp3) is 0.400. The zero-order chi connectivity index (χ0) is 10.9. The predicted octanol–water partition coefficient (Wildman–Crippen LogP) is 1.73. The summed E-state index contributed by atoms with van der Waals surface area (Å²) in [5, 5.41) is 19.5. The number of hydrogen-bond donors (Lipinski definition) is 3. The molecule has 0 fully saturated rings. The molecule has 0 aliphatic carbocycles. The Labute approximate surface area is 88.1 Å². The number of phenolic OH excluding ortho intramolecular Hbond substituents is 1. The lowest BCUT2D eigenvalue weighted by molar-refractivity contribution is 0.163. The number of aliphatic hydroxyl groups is 1. The van der Waals surface area contributed by atoms with E-state index in [-0.39, 0.29) is 5.75 Å². The molecule has 0 aromatic heterocycles. The van der Waals surface area contributed by atoms with E-state index < -0.39 is 12.1 Å². The van der Waals surface area contributed by atoms with Crippen molar-refractivity contribution in [3.8, 4) is 5.75 Å². The van der Waals surface area contributed by atoms with Gasteiger partial charge < -0.3 is 15.9 Å². The number of hydrogen-bond acceptors (Lipinski definition) is 3. The van der Waals surface area contributed by atoms with Crippen molar-refractivity contribution in [1.29, 1.82) is 0 Å². The Morgan fingerprint density at radius 1 is 1.43 bits per heavy atom. The minimum atomic E-state index is -0.723. The molecule has 4 N–H and O–H groups in total. The average molecular weight is 216 g/mol. The molecule has 0 spiro atoms. The highest BCUT2D eigenvalue weighted by molar-refractivity contribution is 6.30. The number of halogens is 1. The molecule has 78 valence electrons. The SMILES string of the molecule is Cc1cc(Cl)cc(C(N)C(C)O)c1O. The van der Waals surface area contributed by atoms with Crippen molar-refractivity contribution in [1.82, 2.24) is 0 Å². The van der Waals surface area contributed by atoms with Gasteiger partial charge in [-0.15, -0.1) is 0 Å². The van der Waals surface area contributed by atoms with Crippen molar-refractivity contribution >= 4 is 11.6 Å². The molecule has 0 aliphatic rings. The monoisotopic (exact) mass is 215 g/mol. The lowest BCUT2D eigenvalue weighted by Gasteiger charge is -2.17. The Bertz CT molecular complexity index is 339. The third kappa shape index (κ3) is 2.18. The van der Waals surface area contributed by atoms with E-state index in [0.717, 1.165) is 0 Å². The predicted molar refractivity (Wildman–Crippen MR) is 56.5 cm³/mol. The maximum absolute atomic E-state index is 9.69. The highest BCUT2D eigenvalue weighted by Gasteiger charge is 2.17. The number of phenols is 1. The molecule has 2 unspecified atom stereocenters. The fourth-order valence-electron chi connectivity index (χ4n) is 1.28. The number of aryl methyl sites for hydroxylation is 1. The van der Waals surface area contributed by atoms with E-state index in [2.05, 4.69) is 0 Å². The van der Waals surface area contributed by atoms with Gasteiger partial charge in [0.2, 0.25) is 0 Å². The molecule has 3 nitrogen and oxygen atoms in total. The van der Waals surface area contributed by atoms with Gasteiger partial charge in [-0.1, -0.05) is 11.6 Å². The Kier molecular flexibility index (Phi) is 3.37. The first-order chi connectivity index (χ1) is 6.43. The minimum absolute atomic E-state index is 0.0998. The van der Waals surface area contributed by atoms with Gasteiger partial charge in [0, 0.05) is 10.6 Å². The summed E-state index contributed by atoms with van der Waals surface area (Å²) in [7, 11) is 0. The maximum Gasteiger partial charge on any atom is 0.123 e. The number of rotatable bonds is 2. The second-order valence-corrected chi connectivity index (χ2v) is 3.86. The summed E-state index contributed by atoms with van der Waals surface area (Å²) in [6, 6.07) is 2.60. The van der Waals surface area contributed by atoms with E-state index in [0.29, 0.717) is 16.1 Å². The number of aliphatic hydroxyl groups excluding tert-OH is 1. The number of nitrogens with two attached hydrogens (primary N) is 1.